The van der Waals surface area contributed by atoms with Gasteiger partial charge in [0.15, 0.2) is 0 Å². The largest absolute Gasteiger partial charge is 0.384 e. The zero-order valence-electron chi connectivity index (χ0n) is 12.0. The number of piperidine rings is 1. The molecule has 0 spiro atoms. The van der Waals surface area contributed by atoms with Crippen LogP contribution in [0.4, 0.5) is 0 Å². The average Bonchev–Trinajstić information content (AvgIpc) is 2.36. The van der Waals surface area contributed by atoms with E-state index < -0.39 is 0 Å². The first-order chi connectivity index (χ1) is 8.17. The molecule has 1 saturated heterocycles. The predicted octanol–water partition coefficient (Wildman–Crippen LogP) is 2.12. The highest BCUT2D eigenvalue weighted by Gasteiger charge is 2.22. The summed E-state index contributed by atoms with van der Waals surface area (Å²) in [6.45, 7) is 11.4. The Morgan fingerprint density at radius 2 is 1.94 bits per heavy atom. The number of methoxy groups -OCH3 is 1. The molecule has 1 N–H and O–H groups in total. The van der Waals surface area contributed by atoms with Crippen molar-refractivity contribution in [3.63, 3.8) is 0 Å². The van der Waals surface area contributed by atoms with E-state index in [0.29, 0.717) is 12.1 Å². The molecule has 0 radical (unpaired) electrons. The number of likely N-dealkylation sites (tertiary alicyclic amines) is 1. The monoisotopic (exact) mass is 242 g/mol. The van der Waals surface area contributed by atoms with Crippen LogP contribution in [0.5, 0.6) is 0 Å². The SMILES string of the molecule is CCC(C)NCC(C)N1CCC(COC)CC1. The van der Waals surface area contributed by atoms with Crippen LogP contribution in [0.1, 0.15) is 40.0 Å². The molecule has 1 heterocycles. The van der Waals surface area contributed by atoms with Gasteiger partial charge in [-0.1, -0.05) is 6.92 Å². The summed E-state index contributed by atoms with van der Waals surface area (Å²) < 4.78 is 5.24. The summed E-state index contributed by atoms with van der Waals surface area (Å²) in [6, 6.07) is 1.30. The van der Waals surface area contributed by atoms with E-state index in [1.54, 1.807) is 0 Å². The van der Waals surface area contributed by atoms with Crippen molar-refractivity contribution in [2.24, 2.45) is 5.92 Å². The Morgan fingerprint density at radius 1 is 1.29 bits per heavy atom. The minimum atomic E-state index is 0.642. The smallest absolute Gasteiger partial charge is 0.0491 e. The number of nitrogens with one attached hydrogen (secondary N) is 1. The van der Waals surface area contributed by atoms with E-state index in [9.17, 15) is 0 Å². The third-order valence-corrected chi connectivity index (χ3v) is 4.05. The summed E-state index contributed by atoms with van der Waals surface area (Å²) in [5, 5.41) is 3.60. The fourth-order valence-electron chi connectivity index (χ4n) is 2.44. The Kier molecular flexibility index (Phi) is 7.09. The quantitative estimate of drug-likeness (QED) is 0.740. The standard InChI is InChI=1S/C14H30N2O/c1-5-12(2)15-10-13(3)16-8-6-14(7-9-16)11-17-4/h12-15H,5-11H2,1-4H3. The van der Waals surface area contributed by atoms with Crippen molar-refractivity contribution in [1.29, 1.82) is 0 Å². The van der Waals surface area contributed by atoms with Crippen LogP contribution in [-0.2, 0) is 4.74 Å². The molecule has 1 fully saturated rings. The van der Waals surface area contributed by atoms with Gasteiger partial charge in [0.05, 0.1) is 0 Å². The highest BCUT2D eigenvalue weighted by molar-refractivity contribution is 4.78. The normalized spacial score (nSPS) is 22.6. The lowest BCUT2D eigenvalue weighted by molar-refractivity contribution is 0.0826. The van der Waals surface area contributed by atoms with Gasteiger partial charge in [-0.15, -0.1) is 0 Å². The zero-order chi connectivity index (χ0) is 12.7. The third-order valence-electron chi connectivity index (χ3n) is 4.05. The molecule has 2 atom stereocenters. The van der Waals surface area contributed by atoms with Crippen molar-refractivity contribution in [1.82, 2.24) is 10.2 Å². The number of hydrogen-bond donors (Lipinski definition) is 1. The van der Waals surface area contributed by atoms with Gasteiger partial charge >= 0.3 is 0 Å². The Bertz CT molecular complexity index is 191. The van der Waals surface area contributed by atoms with E-state index in [4.69, 9.17) is 4.74 Å². The summed E-state index contributed by atoms with van der Waals surface area (Å²) in [6.07, 6.45) is 3.80. The summed E-state index contributed by atoms with van der Waals surface area (Å²) in [5.74, 6) is 0.783. The molecule has 0 aromatic carbocycles. The lowest BCUT2D eigenvalue weighted by atomic mass is 9.97. The molecule has 0 aromatic rings. The van der Waals surface area contributed by atoms with E-state index >= 15 is 0 Å². The van der Waals surface area contributed by atoms with Crippen molar-refractivity contribution in [3.05, 3.63) is 0 Å². The van der Waals surface area contributed by atoms with Crippen molar-refractivity contribution in [2.75, 3.05) is 33.4 Å². The minimum absolute atomic E-state index is 0.642. The second-order valence-corrected chi connectivity index (χ2v) is 5.50. The number of hydrogen-bond acceptors (Lipinski definition) is 3. The van der Waals surface area contributed by atoms with Crippen LogP contribution in [0.25, 0.3) is 0 Å². The zero-order valence-corrected chi connectivity index (χ0v) is 12.0. The molecule has 3 heteroatoms. The van der Waals surface area contributed by atoms with Gasteiger partial charge in [0, 0.05) is 32.3 Å². The average molecular weight is 242 g/mol. The Morgan fingerprint density at radius 3 is 2.47 bits per heavy atom. The summed E-state index contributed by atoms with van der Waals surface area (Å²) in [7, 11) is 1.81. The first-order valence-electron chi connectivity index (χ1n) is 7.13. The molecule has 1 rings (SSSR count). The molecular formula is C14H30N2O. The molecule has 17 heavy (non-hydrogen) atoms. The van der Waals surface area contributed by atoms with Gasteiger partial charge in [0.2, 0.25) is 0 Å². The molecule has 0 saturated carbocycles. The van der Waals surface area contributed by atoms with E-state index in [-0.39, 0.29) is 0 Å². The number of nitrogens with zero attached hydrogens (tertiary/aromatic N) is 1. The van der Waals surface area contributed by atoms with Gasteiger partial charge in [-0.25, -0.2) is 0 Å². The maximum Gasteiger partial charge on any atom is 0.0491 e. The molecule has 2 unspecified atom stereocenters. The molecule has 3 nitrogen and oxygen atoms in total. The van der Waals surface area contributed by atoms with Gasteiger partial charge in [0.1, 0.15) is 0 Å². The minimum Gasteiger partial charge on any atom is -0.384 e. The molecular weight excluding hydrogens is 212 g/mol. The van der Waals surface area contributed by atoms with E-state index in [2.05, 4.69) is 31.0 Å². The van der Waals surface area contributed by atoms with Gasteiger partial charge in [-0.05, 0) is 52.1 Å². The van der Waals surface area contributed by atoms with Gasteiger partial charge in [-0.2, -0.15) is 0 Å². The Hall–Kier alpha value is -0.120. The van der Waals surface area contributed by atoms with Crippen molar-refractivity contribution < 1.29 is 4.74 Å². The number of ether oxygens (including phenoxy) is 1. The molecule has 0 bridgehead atoms. The van der Waals surface area contributed by atoms with E-state index in [1.807, 2.05) is 7.11 Å². The molecule has 1 aliphatic heterocycles. The molecule has 0 aliphatic carbocycles. The van der Waals surface area contributed by atoms with Crippen LogP contribution in [0.15, 0.2) is 0 Å². The number of rotatable bonds is 7. The van der Waals surface area contributed by atoms with Crippen molar-refractivity contribution in [3.8, 4) is 0 Å². The summed E-state index contributed by atoms with van der Waals surface area (Å²) in [4.78, 5) is 2.61. The third kappa shape index (κ3) is 5.36. The summed E-state index contributed by atoms with van der Waals surface area (Å²) >= 11 is 0. The van der Waals surface area contributed by atoms with Gasteiger partial charge < -0.3 is 10.1 Å². The van der Waals surface area contributed by atoms with Crippen molar-refractivity contribution in [2.45, 2.75) is 52.1 Å². The Balaban J connectivity index is 2.19. The second-order valence-electron chi connectivity index (χ2n) is 5.50. The fraction of sp³-hybridized carbons (Fsp3) is 1.00. The van der Waals surface area contributed by atoms with E-state index in [1.165, 1.54) is 32.4 Å². The van der Waals surface area contributed by atoms with Crippen LogP contribution >= 0.6 is 0 Å². The second kappa shape index (κ2) is 8.06. The van der Waals surface area contributed by atoms with Crippen LogP contribution < -0.4 is 5.32 Å². The Labute approximate surface area is 107 Å². The maximum absolute atomic E-state index is 5.24. The van der Waals surface area contributed by atoms with Crippen LogP contribution in [0.3, 0.4) is 0 Å². The van der Waals surface area contributed by atoms with E-state index in [0.717, 1.165) is 19.1 Å². The summed E-state index contributed by atoms with van der Waals surface area (Å²) in [5.41, 5.74) is 0. The molecule has 0 aromatic heterocycles. The highest BCUT2D eigenvalue weighted by Crippen LogP contribution is 2.18. The first-order valence-corrected chi connectivity index (χ1v) is 7.13. The first kappa shape index (κ1) is 14.9. The predicted molar refractivity (Wildman–Crippen MR) is 73.4 cm³/mol. The lowest BCUT2D eigenvalue weighted by Gasteiger charge is -2.36. The molecule has 0 amide bonds. The van der Waals surface area contributed by atoms with Crippen LogP contribution in [-0.4, -0.2) is 50.3 Å². The van der Waals surface area contributed by atoms with Crippen LogP contribution in [0.2, 0.25) is 0 Å². The highest BCUT2D eigenvalue weighted by atomic mass is 16.5. The lowest BCUT2D eigenvalue weighted by Crippen LogP contribution is -2.46. The topological polar surface area (TPSA) is 24.5 Å². The van der Waals surface area contributed by atoms with Crippen LogP contribution in [0, 0.1) is 5.92 Å². The van der Waals surface area contributed by atoms with Gasteiger partial charge in [0.25, 0.3) is 0 Å². The van der Waals surface area contributed by atoms with Crippen molar-refractivity contribution >= 4 is 0 Å². The maximum atomic E-state index is 5.24. The molecule has 102 valence electrons. The van der Waals surface area contributed by atoms with Gasteiger partial charge in [-0.3, -0.25) is 4.90 Å². The molecule has 1 aliphatic rings. The fourth-order valence-corrected chi connectivity index (χ4v) is 2.44.